The molecule has 0 heterocycles. The molecule has 196 valence electrons. The predicted octanol–water partition coefficient (Wildman–Crippen LogP) is 8.85. The van der Waals surface area contributed by atoms with Crippen LogP contribution in [-0.4, -0.2) is 16.3 Å². The van der Waals surface area contributed by atoms with Crippen LogP contribution in [-0.2, 0) is 11.2 Å². The molecule has 0 unspecified atom stereocenters. The molecule has 0 aliphatic rings. The quantitative estimate of drug-likeness (QED) is 0.144. The summed E-state index contributed by atoms with van der Waals surface area (Å²) in [6, 6.07) is 10.1. The SMILES string of the molecule is CCC(Br)(CC)C(=O)NC(N)=O.CCCCCCCCCCCCCCCCc1ccccc1. The van der Waals surface area contributed by atoms with E-state index in [9.17, 15) is 9.59 Å². The molecule has 0 radical (unpaired) electrons. The van der Waals surface area contributed by atoms with Gasteiger partial charge in [-0.05, 0) is 31.2 Å². The number of nitrogens with one attached hydrogen (secondary N) is 1. The molecular formula is C29H51BrN2O2. The number of urea groups is 1. The first kappa shape index (κ1) is 32.6. The largest absolute Gasteiger partial charge is 0.351 e. The Labute approximate surface area is 218 Å². The lowest BCUT2D eigenvalue weighted by molar-refractivity contribution is -0.122. The molecule has 0 atom stereocenters. The zero-order chi connectivity index (χ0) is 25.5. The summed E-state index contributed by atoms with van der Waals surface area (Å²) in [6.07, 6.45) is 22.7. The predicted molar refractivity (Wildman–Crippen MR) is 150 cm³/mol. The normalized spacial score (nSPS) is 10.9. The van der Waals surface area contributed by atoms with Crippen LogP contribution in [0, 0.1) is 0 Å². The zero-order valence-corrected chi connectivity index (χ0v) is 23.8. The van der Waals surface area contributed by atoms with Gasteiger partial charge >= 0.3 is 6.03 Å². The number of amides is 3. The molecule has 0 spiro atoms. The minimum Gasteiger partial charge on any atom is -0.351 e. The Kier molecular flexibility index (Phi) is 21.2. The van der Waals surface area contributed by atoms with Gasteiger partial charge in [0.2, 0.25) is 5.91 Å². The van der Waals surface area contributed by atoms with Gasteiger partial charge in [-0.15, -0.1) is 0 Å². The summed E-state index contributed by atoms with van der Waals surface area (Å²) in [5.74, 6) is -0.375. The lowest BCUT2D eigenvalue weighted by atomic mass is 10.0. The Morgan fingerprint density at radius 3 is 1.53 bits per heavy atom. The molecule has 0 aliphatic carbocycles. The van der Waals surface area contributed by atoms with E-state index in [-0.39, 0.29) is 5.91 Å². The Balaban J connectivity index is 0.000000770. The zero-order valence-electron chi connectivity index (χ0n) is 22.2. The summed E-state index contributed by atoms with van der Waals surface area (Å²) in [5.41, 5.74) is 6.31. The van der Waals surface area contributed by atoms with E-state index in [1.807, 2.05) is 19.2 Å². The summed E-state index contributed by atoms with van der Waals surface area (Å²) in [7, 11) is 0. The van der Waals surface area contributed by atoms with Gasteiger partial charge in [0.05, 0.1) is 0 Å². The van der Waals surface area contributed by atoms with Crippen molar-refractivity contribution in [1.29, 1.82) is 0 Å². The number of rotatable bonds is 18. The van der Waals surface area contributed by atoms with E-state index < -0.39 is 10.4 Å². The summed E-state index contributed by atoms with van der Waals surface area (Å²) in [6.45, 7) is 6.01. The Morgan fingerprint density at radius 2 is 1.15 bits per heavy atom. The minimum absolute atomic E-state index is 0.375. The van der Waals surface area contributed by atoms with Crippen molar-refractivity contribution in [3.8, 4) is 0 Å². The molecule has 5 heteroatoms. The maximum Gasteiger partial charge on any atom is 0.318 e. The number of imide groups is 1. The molecule has 0 aliphatic heterocycles. The Bertz CT molecular complexity index is 618. The number of alkyl halides is 1. The highest BCUT2D eigenvalue weighted by Crippen LogP contribution is 2.26. The maximum atomic E-state index is 11.3. The van der Waals surface area contributed by atoms with Gasteiger partial charge < -0.3 is 5.73 Å². The second kappa shape index (κ2) is 22.1. The monoisotopic (exact) mass is 538 g/mol. The Morgan fingerprint density at radius 1 is 0.735 bits per heavy atom. The molecule has 34 heavy (non-hydrogen) atoms. The van der Waals surface area contributed by atoms with Crippen molar-refractivity contribution < 1.29 is 9.59 Å². The van der Waals surface area contributed by atoms with Crippen LogP contribution in [0.2, 0.25) is 0 Å². The van der Waals surface area contributed by atoms with E-state index in [0.717, 1.165) is 0 Å². The van der Waals surface area contributed by atoms with Crippen molar-refractivity contribution in [2.75, 3.05) is 0 Å². The van der Waals surface area contributed by atoms with E-state index in [0.29, 0.717) is 12.8 Å². The van der Waals surface area contributed by atoms with Crippen LogP contribution < -0.4 is 11.1 Å². The summed E-state index contributed by atoms with van der Waals surface area (Å²) < 4.78 is -0.665. The van der Waals surface area contributed by atoms with Crippen molar-refractivity contribution >= 4 is 27.9 Å². The van der Waals surface area contributed by atoms with Crippen LogP contribution in [0.1, 0.15) is 129 Å². The number of primary amides is 1. The average molecular weight is 540 g/mol. The van der Waals surface area contributed by atoms with Crippen LogP contribution >= 0.6 is 15.9 Å². The van der Waals surface area contributed by atoms with Crippen molar-refractivity contribution in [3.63, 3.8) is 0 Å². The third-order valence-corrected chi connectivity index (χ3v) is 7.91. The van der Waals surface area contributed by atoms with E-state index in [1.54, 1.807) is 0 Å². The number of nitrogens with two attached hydrogens (primary N) is 1. The molecule has 0 fully saturated rings. The molecular weight excluding hydrogens is 488 g/mol. The highest BCUT2D eigenvalue weighted by molar-refractivity contribution is 9.10. The van der Waals surface area contributed by atoms with Crippen LogP contribution in [0.3, 0.4) is 0 Å². The van der Waals surface area contributed by atoms with Gasteiger partial charge in [0, 0.05) is 0 Å². The fraction of sp³-hybridized carbons (Fsp3) is 0.724. The van der Waals surface area contributed by atoms with Gasteiger partial charge in [-0.3, -0.25) is 10.1 Å². The molecule has 3 N–H and O–H groups in total. The highest BCUT2D eigenvalue weighted by Gasteiger charge is 2.32. The number of hydrogen-bond acceptors (Lipinski definition) is 2. The minimum atomic E-state index is -0.814. The lowest BCUT2D eigenvalue weighted by Gasteiger charge is -2.21. The number of halogens is 1. The molecule has 1 aromatic rings. The fourth-order valence-electron chi connectivity index (χ4n) is 3.96. The van der Waals surface area contributed by atoms with Crippen LogP contribution in [0.25, 0.3) is 0 Å². The Hall–Kier alpha value is -1.36. The molecule has 0 saturated carbocycles. The number of benzene rings is 1. The number of carbonyl (C=O) groups excluding carboxylic acids is 2. The molecule has 1 rings (SSSR count). The van der Waals surface area contributed by atoms with Gasteiger partial charge in [-0.1, -0.05) is 151 Å². The van der Waals surface area contributed by atoms with Gasteiger partial charge in [0.15, 0.2) is 0 Å². The molecule has 3 amide bonds. The number of aryl methyl sites for hydroxylation is 1. The van der Waals surface area contributed by atoms with Crippen LogP contribution in [0.4, 0.5) is 4.79 Å². The number of unbranched alkanes of at least 4 members (excludes halogenated alkanes) is 13. The summed E-state index contributed by atoms with van der Waals surface area (Å²) in [4.78, 5) is 21.6. The summed E-state index contributed by atoms with van der Waals surface area (Å²) >= 11 is 3.26. The van der Waals surface area contributed by atoms with Gasteiger partial charge in [-0.25, -0.2) is 4.79 Å². The van der Waals surface area contributed by atoms with E-state index >= 15 is 0 Å². The van der Waals surface area contributed by atoms with Gasteiger partial charge in [0.1, 0.15) is 4.32 Å². The third-order valence-electron chi connectivity index (χ3n) is 6.43. The maximum absolute atomic E-state index is 11.3. The number of hydrogen-bond donors (Lipinski definition) is 2. The smallest absolute Gasteiger partial charge is 0.318 e. The first-order valence-corrected chi connectivity index (χ1v) is 14.5. The molecule has 1 aromatic carbocycles. The van der Waals surface area contributed by atoms with Crippen molar-refractivity contribution in [1.82, 2.24) is 5.32 Å². The molecule has 4 nitrogen and oxygen atoms in total. The van der Waals surface area contributed by atoms with E-state index in [2.05, 4.69) is 53.2 Å². The first-order valence-electron chi connectivity index (χ1n) is 13.7. The average Bonchev–Trinajstić information content (AvgIpc) is 2.84. The first-order chi connectivity index (χ1) is 16.4. The van der Waals surface area contributed by atoms with E-state index in [4.69, 9.17) is 5.73 Å². The van der Waals surface area contributed by atoms with Crippen LogP contribution in [0.15, 0.2) is 30.3 Å². The topological polar surface area (TPSA) is 72.2 Å². The highest BCUT2D eigenvalue weighted by atomic mass is 79.9. The second-order valence-corrected chi connectivity index (χ2v) is 10.8. The molecule has 0 aromatic heterocycles. The fourth-order valence-corrected chi connectivity index (χ4v) is 4.06. The lowest BCUT2D eigenvalue weighted by Crippen LogP contribution is -2.46. The number of carbonyl (C=O) groups is 2. The van der Waals surface area contributed by atoms with Crippen molar-refractivity contribution in [2.24, 2.45) is 5.73 Å². The summed E-state index contributed by atoms with van der Waals surface area (Å²) in [5, 5.41) is 2.04. The van der Waals surface area contributed by atoms with Crippen molar-refractivity contribution in [3.05, 3.63) is 35.9 Å². The van der Waals surface area contributed by atoms with Gasteiger partial charge in [-0.2, -0.15) is 0 Å². The van der Waals surface area contributed by atoms with E-state index in [1.165, 1.54) is 102 Å². The third kappa shape index (κ3) is 18.0. The molecule has 0 bridgehead atoms. The standard InChI is InChI=1S/C22H38.C7H13BrN2O2/c1-2-3-4-5-6-7-8-9-10-11-12-13-14-16-19-22-20-17-15-18-21-22;1-3-7(8,4-2)5(11)10-6(9)12/h15,17-18,20-21H,2-14,16,19H2,1H3;3-4H2,1-2H3,(H3,9,10,11,12). The molecule has 0 saturated heterocycles. The second-order valence-electron chi connectivity index (χ2n) is 9.32. The van der Waals surface area contributed by atoms with Gasteiger partial charge in [0.25, 0.3) is 0 Å². The van der Waals surface area contributed by atoms with Crippen LogP contribution in [0.5, 0.6) is 0 Å². The van der Waals surface area contributed by atoms with Crippen molar-refractivity contribution in [2.45, 2.75) is 134 Å².